The van der Waals surface area contributed by atoms with Gasteiger partial charge in [-0.15, -0.1) is 11.8 Å². The van der Waals surface area contributed by atoms with Crippen LogP contribution in [0.25, 0.3) is 0 Å². The molecule has 1 N–H and O–H groups in total. The van der Waals surface area contributed by atoms with E-state index in [9.17, 15) is 14.0 Å². The molecule has 29 heavy (non-hydrogen) atoms. The molecule has 0 aliphatic carbocycles. The van der Waals surface area contributed by atoms with Gasteiger partial charge in [-0.1, -0.05) is 36.7 Å². The maximum Gasteiger partial charge on any atom is 0.242 e. The lowest BCUT2D eigenvalue weighted by atomic mass is 10.1. The average molecular weight is 437 g/mol. The third kappa shape index (κ3) is 7.05. The monoisotopic (exact) mass is 436 g/mol. The number of carbonyl (C=O) groups excluding carboxylic acids is 2. The number of thioether (sulfide) groups is 1. The number of benzene rings is 2. The molecule has 7 heteroatoms. The third-order valence-corrected chi connectivity index (χ3v) is 5.89. The van der Waals surface area contributed by atoms with E-state index in [1.807, 2.05) is 26.0 Å². The molecule has 2 amide bonds. The van der Waals surface area contributed by atoms with Gasteiger partial charge in [0.2, 0.25) is 11.8 Å². The van der Waals surface area contributed by atoms with Crippen molar-refractivity contribution >= 4 is 35.2 Å². The van der Waals surface area contributed by atoms with Crippen molar-refractivity contribution in [2.75, 3.05) is 5.75 Å². The summed E-state index contributed by atoms with van der Waals surface area (Å²) in [6.45, 7) is 5.58. The molecule has 0 heterocycles. The SMILES string of the molecule is CCC(C)NC(=O)C(C)N(Cc1ccccc1F)C(=O)CSc1ccc(Cl)cc1. The van der Waals surface area contributed by atoms with Crippen LogP contribution in [0.4, 0.5) is 4.39 Å². The van der Waals surface area contributed by atoms with Crippen LogP contribution in [0.1, 0.15) is 32.8 Å². The molecule has 0 saturated heterocycles. The van der Waals surface area contributed by atoms with Gasteiger partial charge in [0.05, 0.1) is 5.75 Å². The van der Waals surface area contributed by atoms with Crippen LogP contribution < -0.4 is 5.32 Å². The molecule has 2 aromatic rings. The Morgan fingerprint density at radius 2 is 1.79 bits per heavy atom. The summed E-state index contributed by atoms with van der Waals surface area (Å²) in [7, 11) is 0. The van der Waals surface area contributed by atoms with E-state index in [1.54, 1.807) is 37.3 Å². The molecular formula is C22H26ClFN2O2S. The number of halogens is 2. The predicted octanol–water partition coefficient (Wildman–Crippen LogP) is 4.90. The highest BCUT2D eigenvalue weighted by Gasteiger charge is 2.27. The third-order valence-electron chi connectivity index (χ3n) is 4.64. The van der Waals surface area contributed by atoms with Crippen LogP contribution in [-0.4, -0.2) is 34.6 Å². The van der Waals surface area contributed by atoms with Crippen molar-refractivity contribution in [3.63, 3.8) is 0 Å². The molecule has 156 valence electrons. The van der Waals surface area contributed by atoms with E-state index in [4.69, 9.17) is 11.6 Å². The highest BCUT2D eigenvalue weighted by molar-refractivity contribution is 8.00. The second kappa shape index (κ2) is 11.2. The van der Waals surface area contributed by atoms with Crippen molar-refractivity contribution in [3.05, 3.63) is 64.9 Å². The zero-order valence-electron chi connectivity index (χ0n) is 16.8. The molecule has 0 spiro atoms. The fraction of sp³-hybridized carbons (Fsp3) is 0.364. The number of nitrogens with one attached hydrogen (secondary N) is 1. The van der Waals surface area contributed by atoms with Crippen molar-refractivity contribution in [2.24, 2.45) is 0 Å². The average Bonchev–Trinajstić information content (AvgIpc) is 2.71. The topological polar surface area (TPSA) is 49.4 Å². The van der Waals surface area contributed by atoms with Gasteiger partial charge in [-0.25, -0.2) is 4.39 Å². The molecule has 0 aliphatic rings. The molecule has 0 radical (unpaired) electrons. The van der Waals surface area contributed by atoms with Crippen LogP contribution in [0.3, 0.4) is 0 Å². The van der Waals surface area contributed by atoms with Crippen LogP contribution in [0.2, 0.25) is 5.02 Å². The van der Waals surface area contributed by atoms with Gasteiger partial charge in [-0.2, -0.15) is 0 Å². The van der Waals surface area contributed by atoms with Gasteiger partial charge < -0.3 is 10.2 Å². The number of nitrogens with zero attached hydrogens (tertiary/aromatic N) is 1. The second-order valence-electron chi connectivity index (χ2n) is 6.85. The van der Waals surface area contributed by atoms with Crippen molar-refractivity contribution in [1.29, 1.82) is 0 Å². The molecule has 2 aromatic carbocycles. The summed E-state index contributed by atoms with van der Waals surface area (Å²) in [5, 5.41) is 3.52. The lowest BCUT2D eigenvalue weighted by Crippen LogP contribution is -2.50. The van der Waals surface area contributed by atoms with E-state index in [2.05, 4.69) is 5.32 Å². The number of rotatable bonds is 9. The number of amides is 2. The van der Waals surface area contributed by atoms with Crippen LogP contribution in [0, 0.1) is 5.82 Å². The fourth-order valence-corrected chi connectivity index (χ4v) is 3.53. The van der Waals surface area contributed by atoms with Gasteiger partial charge in [0, 0.05) is 28.1 Å². The first-order chi connectivity index (χ1) is 13.8. The predicted molar refractivity (Wildman–Crippen MR) is 116 cm³/mol. The summed E-state index contributed by atoms with van der Waals surface area (Å²) in [5.74, 6) is -0.748. The molecule has 0 aliphatic heterocycles. The van der Waals surface area contributed by atoms with Crippen LogP contribution in [0.15, 0.2) is 53.4 Å². The zero-order chi connectivity index (χ0) is 21.4. The number of hydrogen-bond donors (Lipinski definition) is 1. The molecule has 2 rings (SSSR count). The first-order valence-electron chi connectivity index (χ1n) is 9.53. The molecule has 4 nitrogen and oxygen atoms in total. The van der Waals surface area contributed by atoms with E-state index < -0.39 is 11.9 Å². The van der Waals surface area contributed by atoms with E-state index in [0.29, 0.717) is 10.6 Å². The summed E-state index contributed by atoms with van der Waals surface area (Å²) < 4.78 is 14.2. The van der Waals surface area contributed by atoms with Gasteiger partial charge in [-0.05, 0) is 50.6 Å². The maximum atomic E-state index is 14.2. The molecule has 0 saturated carbocycles. The smallest absolute Gasteiger partial charge is 0.242 e. The molecule has 0 fully saturated rings. The zero-order valence-corrected chi connectivity index (χ0v) is 18.4. The number of hydrogen-bond acceptors (Lipinski definition) is 3. The Kier molecular flexibility index (Phi) is 8.99. The highest BCUT2D eigenvalue weighted by Crippen LogP contribution is 2.22. The lowest BCUT2D eigenvalue weighted by molar-refractivity contribution is -0.139. The van der Waals surface area contributed by atoms with E-state index >= 15 is 0 Å². The van der Waals surface area contributed by atoms with E-state index in [1.165, 1.54) is 22.7 Å². The first-order valence-corrected chi connectivity index (χ1v) is 10.9. The molecular weight excluding hydrogens is 411 g/mol. The Bertz CT molecular complexity index is 832. The quantitative estimate of drug-likeness (QED) is 0.568. The Labute approximate surface area is 180 Å². The minimum absolute atomic E-state index is 0.00111. The maximum absolute atomic E-state index is 14.2. The number of carbonyl (C=O) groups is 2. The van der Waals surface area contributed by atoms with E-state index in [0.717, 1.165) is 11.3 Å². The summed E-state index contributed by atoms with van der Waals surface area (Å²) in [6, 6.07) is 12.8. The minimum Gasteiger partial charge on any atom is -0.352 e. The van der Waals surface area contributed by atoms with Crippen molar-refractivity contribution in [1.82, 2.24) is 10.2 Å². The van der Waals surface area contributed by atoms with Gasteiger partial charge >= 0.3 is 0 Å². The normalized spacial score (nSPS) is 12.9. The standard InChI is InChI=1S/C22H26ClFN2O2S/c1-4-15(2)25-22(28)16(3)26(13-17-7-5-6-8-20(17)24)21(27)14-29-19-11-9-18(23)10-12-19/h5-12,15-16H,4,13-14H2,1-3H3,(H,25,28). The minimum atomic E-state index is -0.720. The lowest BCUT2D eigenvalue weighted by Gasteiger charge is -2.29. The summed E-state index contributed by atoms with van der Waals surface area (Å²) in [4.78, 5) is 27.9. The molecule has 0 bridgehead atoms. The Balaban J connectivity index is 2.15. The first kappa shape index (κ1) is 23.2. The van der Waals surface area contributed by atoms with Gasteiger partial charge in [0.1, 0.15) is 11.9 Å². The van der Waals surface area contributed by atoms with Crippen LogP contribution >= 0.6 is 23.4 Å². The van der Waals surface area contributed by atoms with E-state index in [-0.39, 0.29) is 30.2 Å². The molecule has 0 aromatic heterocycles. The Morgan fingerprint density at radius 3 is 2.41 bits per heavy atom. The summed E-state index contributed by atoms with van der Waals surface area (Å²) in [6.07, 6.45) is 0.784. The largest absolute Gasteiger partial charge is 0.352 e. The van der Waals surface area contributed by atoms with Gasteiger partial charge in [0.15, 0.2) is 0 Å². The Morgan fingerprint density at radius 1 is 1.14 bits per heavy atom. The summed E-state index contributed by atoms with van der Waals surface area (Å²) in [5.41, 5.74) is 0.375. The summed E-state index contributed by atoms with van der Waals surface area (Å²) >= 11 is 7.25. The van der Waals surface area contributed by atoms with Gasteiger partial charge in [0.25, 0.3) is 0 Å². The van der Waals surface area contributed by atoms with Crippen molar-refractivity contribution in [3.8, 4) is 0 Å². The molecule has 2 atom stereocenters. The molecule has 2 unspecified atom stereocenters. The van der Waals surface area contributed by atoms with Crippen molar-refractivity contribution in [2.45, 2.75) is 50.7 Å². The van der Waals surface area contributed by atoms with Crippen LogP contribution in [0.5, 0.6) is 0 Å². The second-order valence-corrected chi connectivity index (χ2v) is 8.33. The van der Waals surface area contributed by atoms with Gasteiger partial charge in [-0.3, -0.25) is 9.59 Å². The fourth-order valence-electron chi connectivity index (χ4n) is 2.62. The van der Waals surface area contributed by atoms with Crippen LogP contribution in [-0.2, 0) is 16.1 Å². The van der Waals surface area contributed by atoms with Crippen molar-refractivity contribution < 1.29 is 14.0 Å². The highest BCUT2D eigenvalue weighted by atomic mass is 35.5. The Hall–Kier alpha value is -2.05.